The van der Waals surface area contributed by atoms with Crippen LogP contribution in [0.1, 0.15) is 17.4 Å². The summed E-state index contributed by atoms with van der Waals surface area (Å²) in [6.07, 6.45) is 1.61. The van der Waals surface area contributed by atoms with Gasteiger partial charge in [-0.05, 0) is 37.3 Å². The van der Waals surface area contributed by atoms with Crippen molar-refractivity contribution in [1.29, 1.82) is 0 Å². The molecule has 2 heterocycles. The van der Waals surface area contributed by atoms with Gasteiger partial charge in [0.2, 0.25) is 0 Å². The highest BCUT2D eigenvalue weighted by molar-refractivity contribution is 7.14. The Morgan fingerprint density at radius 2 is 1.97 bits per heavy atom. The molecule has 0 spiro atoms. The van der Waals surface area contributed by atoms with Crippen molar-refractivity contribution >= 4 is 28.1 Å². The Labute approximate surface area is 181 Å². The van der Waals surface area contributed by atoms with Crippen molar-refractivity contribution in [3.05, 3.63) is 82.0 Å². The molecule has 0 bridgehead atoms. The average molecular weight is 435 g/mol. The third-order valence-electron chi connectivity index (χ3n) is 4.33. The summed E-state index contributed by atoms with van der Waals surface area (Å²) in [5.41, 5.74) is 2.35. The molecule has 1 amide bonds. The highest BCUT2D eigenvalue weighted by Gasteiger charge is 2.15. The van der Waals surface area contributed by atoms with Gasteiger partial charge in [-0.3, -0.25) is 20.2 Å². The number of carbonyl (C=O) groups is 1. The second kappa shape index (κ2) is 8.76. The number of amides is 1. The first kappa shape index (κ1) is 20.2. The van der Waals surface area contributed by atoms with Gasteiger partial charge in [-0.15, -0.1) is 11.3 Å². The highest BCUT2D eigenvalue weighted by atomic mass is 32.1. The molecule has 0 aliphatic rings. The highest BCUT2D eigenvalue weighted by Crippen LogP contribution is 2.32. The van der Waals surface area contributed by atoms with Crippen LogP contribution in [0.2, 0.25) is 0 Å². The summed E-state index contributed by atoms with van der Waals surface area (Å²) in [5.74, 6) is 0.328. The molecule has 0 unspecified atom stereocenters. The minimum absolute atomic E-state index is 0.0145. The normalized spacial score (nSPS) is 10.6. The molecule has 0 aliphatic carbocycles. The van der Waals surface area contributed by atoms with Gasteiger partial charge in [0.25, 0.3) is 11.6 Å². The van der Waals surface area contributed by atoms with Crippen LogP contribution in [0.15, 0.2) is 66.2 Å². The molecule has 0 fully saturated rings. The van der Waals surface area contributed by atoms with Crippen molar-refractivity contribution in [3.8, 4) is 22.7 Å². The van der Waals surface area contributed by atoms with Crippen LogP contribution in [-0.2, 0) is 0 Å². The SMILES string of the molecule is CCOc1ccccc1-c1csc(NC(=O)c2ccn(-c3ccc([N+](=O)[O-])cc3)n2)n1. The van der Waals surface area contributed by atoms with Gasteiger partial charge in [-0.1, -0.05) is 12.1 Å². The minimum atomic E-state index is -0.471. The van der Waals surface area contributed by atoms with E-state index in [1.165, 1.54) is 28.2 Å². The number of nitrogens with one attached hydrogen (secondary N) is 1. The summed E-state index contributed by atoms with van der Waals surface area (Å²) in [7, 11) is 0. The number of hydrogen-bond acceptors (Lipinski definition) is 7. The Kier molecular flexibility index (Phi) is 5.72. The monoisotopic (exact) mass is 435 g/mol. The van der Waals surface area contributed by atoms with Crippen LogP contribution in [0, 0.1) is 10.1 Å². The van der Waals surface area contributed by atoms with Gasteiger partial charge in [0, 0.05) is 29.3 Å². The molecule has 0 radical (unpaired) electrons. The van der Waals surface area contributed by atoms with Crippen molar-refractivity contribution < 1.29 is 14.5 Å². The van der Waals surface area contributed by atoms with E-state index < -0.39 is 10.8 Å². The predicted molar refractivity (Wildman–Crippen MR) is 117 cm³/mol. The largest absolute Gasteiger partial charge is 0.493 e. The van der Waals surface area contributed by atoms with Gasteiger partial charge in [0.15, 0.2) is 10.8 Å². The van der Waals surface area contributed by atoms with E-state index in [2.05, 4.69) is 15.4 Å². The van der Waals surface area contributed by atoms with E-state index in [1.807, 2.05) is 36.6 Å². The van der Waals surface area contributed by atoms with Crippen molar-refractivity contribution in [3.63, 3.8) is 0 Å². The molecule has 2 aromatic heterocycles. The fourth-order valence-corrected chi connectivity index (χ4v) is 3.60. The summed E-state index contributed by atoms with van der Waals surface area (Å²) < 4.78 is 7.12. The molecular formula is C21H17N5O4S. The van der Waals surface area contributed by atoms with Crippen molar-refractivity contribution in [1.82, 2.24) is 14.8 Å². The molecule has 9 nitrogen and oxygen atoms in total. The third-order valence-corrected chi connectivity index (χ3v) is 5.09. The maximum atomic E-state index is 12.6. The van der Waals surface area contributed by atoms with Gasteiger partial charge < -0.3 is 4.74 Å². The van der Waals surface area contributed by atoms with Gasteiger partial charge in [0.1, 0.15) is 5.75 Å². The molecule has 1 N–H and O–H groups in total. The number of ether oxygens (including phenoxy) is 1. The standard InChI is InChI=1S/C21H17N5O4S/c1-2-30-19-6-4-3-5-16(19)18-13-31-21(22-18)23-20(27)17-11-12-25(24-17)14-7-9-15(10-8-14)26(28)29/h3-13H,2H2,1H3,(H,22,23,27). The smallest absolute Gasteiger partial charge is 0.277 e. The van der Waals surface area contributed by atoms with E-state index in [4.69, 9.17) is 4.74 Å². The molecule has 31 heavy (non-hydrogen) atoms. The van der Waals surface area contributed by atoms with Crippen LogP contribution in [0.25, 0.3) is 16.9 Å². The lowest BCUT2D eigenvalue weighted by atomic mass is 10.1. The van der Waals surface area contributed by atoms with E-state index in [0.717, 1.165) is 11.3 Å². The number of anilines is 1. The quantitative estimate of drug-likeness (QED) is 0.336. The van der Waals surface area contributed by atoms with Gasteiger partial charge in [0.05, 0.1) is 22.9 Å². The Morgan fingerprint density at radius 3 is 2.71 bits per heavy atom. The molecule has 10 heteroatoms. The van der Waals surface area contributed by atoms with Crippen molar-refractivity contribution in [2.24, 2.45) is 0 Å². The molecule has 0 aliphatic heterocycles. The lowest BCUT2D eigenvalue weighted by molar-refractivity contribution is -0.384. The summed E-state index contributed by atoms with van der Waals surface area (Å²) in [6, 6.07) is 15.0. The summed E-state index contributed by atoms with van der Waals surface area (Å²) in [6.45, 7) is 2.46. The molecule has 2 aromatic carbocycles. The maximum Gasteiger partial charge on any atom is 0.277 e. The van der Waals surface area contributed by atoms with Crippen LogP contribution in [0.3, 0.4) is 0 Å². The van der Waals surface area contributed by atoms with Crippen LogP contribution in [0.5, 0.6) is 5.75 Å². The molecule has 0 saturated carbocycles. The molecular weight excluding hydrogens is 418 g/mol. The third kappa shape index (κ3) is 4.43. The van der Waals surface area contributed by atoms with E-state index >= 15 is 0 Å². The number of carbonyl (C=O) groups excluding carboxylic acids is 1. The topological polar surface area (TPSA) is 112 Å². The Bertz CT molecular complexity index is 1230. The first-order chi connectivity index (χ1) is 15.0. The molecule has 4 aromatic rings. The first-order valence-electron chi connectivity index (χ1n) is 9.34. The first-order valence-corrected chi connectivity index (χ1v) is 10.2. The predicted octanol–water partition coefficient (Wildman–Crippen LogP) is 4.56. The lowest BCUT2D eigenvalue weighted by Crippen LogP contribution is -2.13. The molecule has 156 valence electrons. The average Bonchev–Trinajstić information content (AvgIpc) is 3.44. The molecule has 0 atom stereocenters. The van der Waals surface area contributed by atoms with E-state index in [9.17, 15) is 14.9 Å². The number of para-hydroxylation sites is 1. The number of hydrogen-bond donors (Lipinski definition) is 1. The van der Waals surface area contributed by atoms with E-state index in [1.54, 1.807) is 24.4 Å². The second-order valence-corrected chi connectivity index (χ2v) is 7.20. The molecule has 4 rings (SSSR count). The van der Waals surface area contributed by atoms with Crippen LogP contribution in [-0.4, -0.2) is 32.2 Å². The van der Waals surface area contributed by atoms with E-state index in [0.29, 0.717) is 23.1 Å². The maximum absolute atomic E-state index is 12.6. The summed E-state index contributed by atoms with van der Waals surface area (Å²) in [4.78, 5) is 27.4. The number of rotatable bonds is 7. The van der Waals surface area contributed by atoms with Crippen LogP contribution < -0.4 is 10.1 Å². The summed E-state index contributed by atoms with van der Waals surface area (Å²) >= 11 is 1.30. The zero-order valence-corrected chi connectivity index (χ0v) is 17.2. The number of nitrogens with zero attached hydrogens (tertiary/aromatic N) is 4. The van der Waals surface area contributed by atoms with E-state index in [-0.39, 0.29) is 11.4 Å². The number of thiazole rings is 1. The second-order valence-electron chi connectivity index (χ2n) is 6.34. The van der Waals surface area contributed by atoms with Crippen LogP contribution >= 0.6 is 11.3 Å². The van der Waals surface area contributed by atoms with Crippen LogP contribution in [0.4, 0.5) is 10.8 Å². The number of aromatic nitrogens is 3. The summed E-state index contributed by atoms with van der Waals surface area (Å²) in [5, 5.41) is 20.1. The fraction of sp³-hybridized carbons (Fsp3) is 0.0952. The number of benzene rings is 2. The van der Waals surface area contributed by atoms with Gasteiger partial charge >= 0.3 is 0 Å². The fourth-order valence-electron chi connectivity index (χ4n) is 2.89. The number of nitro groups is 1. The Hall–Kier alpha value is -4.05. The number of non-ortho nitro benzene ring substituents is 1. The minimum Gasteiger partial charge on any atom is -0.493 e. The molecule has 0 saturated heterocycles. The number of nitro benzene ring substituents is 1. The van der Waals surface area contributed by atoms with Crippen molar-refractivity contribution in [2.45, 2.75) is 6.92 Å². The van der Waals surface area contributed by atoms with Gasteiger partial charge in [-0.2, -0.15) is 5.10 Å². The van der Waals surface area contributed by atoms with Crippen molar-refractivity contribution in [2.75, 3.05) is 11.9 Å². The lowest BCUT2D eigenvalue weighted by Gasteiger charge is -2.07. The Balaban J connectivity index is 1.48. The zero-order valence-electron chi connectivity index (χ0n) is 16.4. The van der Waals surface area contributed by atoms with Gasteiger partial charge in [-0.25, -0.2) is 9.67 Å². The zero-order chi connectivity index (χ0) is 21.8. The Morgan fingerprint density at radius 1 is 1.19 bits per heavy atom.